The van der Waals surface area contributed by atoms with Crippen LogP contribution in [0.25, 0.3) is 0 Å². The Kier molecular flexibility index (Phi) is 4.10. The van der Waals surface area contributed by atoms with Crippen LogP contribution < -0.4 is 5.73 Å². The lowest BCUT2D eigenvalue weighted by atomic mass is 10.4. The summed E-state index contributed by atoms with van der Waals surface area (Å²) < 4.78 is 33.8. The topological polar surface area (TPSA) is 83.5 Å². The van der Waals surface area contributed by atoms with Crippen molar-refractivity contribution in [2.75, 3.05) is 12.7 Å². The van der Waals surface area contributed by atoms with Crippen molar-refractivity contribution in [2.45, 2.75) is 12.3 Å². The maximum Gasteiger partial charge on any atom is 0.312 e. The summed E-state index contributed by atoms with van der Waals surface area (Å²) in [5, 5.41) is 8.65. The Morgan fingerprint density at radius 3 is 2.27 bits per heavy atom. The molecule has 7 heteroatoms. The van der Waals surface area contributed by atoms with Crippen LogP contribution in [-0.2, 0) is 4.57 Å². The Balaban J connectivity index is 4.02. The fourth-order valence-corrected chi connectivity index (χ4v) is 1.37. The van der Waals surface area contributed by atoms with E-state index in [1.807, 2.05) is 0 Å². The molecular formula is C4H10F2NO3P. The van der Waals surface area contributed by atoms with Crippen LogP contribution in [0, 0.1) is 0 Å². The van der Waals surface area contributed by atoms with Gasteiger partial charge < -0.3 is 15.7 Å². The molecule has 0 aliphatic rings. The van der Waals surface area contributed by atoms with Crippen molar-refractivity contribution in [2.24, 2.45) is 5.73 Å². The third-order valence-corrected chi connectivity index (χ3v) is 2.60. The molecule has 4 N–H and O–H groups in total. The monoisotopic (exact) mass is 189 g/mol. The van der Waals surface area contributed by atoms with Gasteiger partial charge in [0.1, 0.15) is 0 Å². The summed E-state index contributed by atoms with van der Waals surface area (Å²) in [5.74, 6) is 0. The Hall–Kier alpha value is -0.0300. The first-order chi connectivity index (χ1) is 4.90. The van der Waals surface area contributed by atoms with Crippen molar-refractivity contribution >= 4 is 7.37 Å². The second-order valence-corrected chi connectivity index (χ2v) is 4.37. The van der Waals surface area contributed by atoms with Crippen molar-refractivity contribution in [1.82, 2.24) is 0 Å². The molecule has 0 aromatic rings. The summed E-state index contributed by atoms with van der Waals surface area (Å²) in [6, 6.07) is 0. The largest absolute Gasteiger partial charge is 0.391 e. The van der Waals surface area contributed by atoms with Crippen LogP contribution in [0.3, 0.4) is 0 Å². The smallest absolute Gasteiger partial charge is 0.312 e. The van der Waals surface area contributed by atoms with Crippen molar-refractivity contribution in [3.05, 3.63) is 0 Å². The van der Waals surface area contributed by atoms with E-state index in [-0.39, 0.29) is 6.54 Å². The molecule has 0 radical (unpaired) electrons. The minimum absolute atomic E-state index is 0.294. The summed E-state index contributed by atoms with van der Waals surface area (Å²) in [6.45, 7) is -0.294. The number of hydrogen-bond donors (Lipinski definition) is 3. The van der Waals surface area contributed by atoms with Crippen LogP contribution in [-0.4, -0.2) is 35.0 Å². The quantitative estimate of drug-likeness (QED) is 0.534. The minimum Gasteiger partial charge on any atom is -0.391 e. The Bertz CT molecular complexity index is 165. The van der Waals surface area contributed by atoms with Gasteiger partial charge in [0.15, 0.2) is 0 Å². The molecule has 0 saturated heterocycles. The molecular weight excluding hydrogens is 179 g/mol. The van der Waals surface area contributed by atoms with Gasteiger partial charge in [-0.05, 0) is 0 Å². The molecule has 0 aromatic carbocycles. The molecule has 4 nitrogen and oxygen atoms in total. The summed E-state index contributed by atoms with van der Waals surface area (Å²) in [5.41, 5.74) is 4.85. The zero-order valence-electron chi connectivity index (χ0n) is 5.65. The molecule has 1 unspecified atom stereocenters. The van der Waals surface area contributed by atoms with Crippen LogP contribution >= 0.6 is 7.37 Å². The number of rotatable bonds is 4. The highest BCUT2D eigenvalue weighted by molar-refractivity contribution is 7.58. The predicted molar refractivity (Wildman–Crippen MR) is 35.8 cm³/mol. The molecule has 0 heterocycles. The molecule has 0 fully saturated rings. The molecule has 2 atom stereocenters. The number of hydrogen-bond acceptors (Lipinski definition) is 3. The molecule has 0 aromatic heterocycles. The van der Waals surface area contributed by atoms with Crippen LogP contribution in [0.15, 0.2) is 0 Å². The SMILES string of the molecule is NC[C@@H](O)CP(=O)(O)C(F)F. The Labute approximate surface area is 62.5 Å². The zero-order chi connectivity index (χ0) is 9.07. The molecule has 0 bridgehead atoms. The average molecular weight is 189 g/mol. The summed E-state index contributed by atoms with van der Waals surface area (Å²) in [4.78, 5) is 8.48. The molecule has 0 aliphatic carbocycles. The molecule has 0 amide bonds. The summed E-state index contributed by atoms with van der Waals surface area (Å²) >= 11 is 0. The first-order valence-corrected chi connectivity index (χ1v) is 4.79. The number of halogens is 2. The Morgan fingerprint density at radius 2 is 2.00 bits per heavy atom. The van der Waals surface area contributed by atoms with Gasteiger partial charge in [-0.15, -0.1) is 0 Å². The van der Waals surface area contributed by atoms with E-state index in [1.54, 1.807) is 0 Å². The summed E-state index contributed by atoms with van der Waals surface area (Å²) in [6.07, 6.45) is -5.48. The van der Waals surface area contributed by atoms with Gasteiger partial charge in [-0.2, -0.15) is 8.78 Å². The van der Waals surface area contributed by atoms with Gasteiger partial charge in [-0.25, -0.2) is 0 Å². The molecule has 0 aliphatic heterocycles. The van der Waals surface area contributed by atoms with Gasteiger partial charge in [-0.1, -0.05) is 0 Å². The molecule has 0 rings (SSSR count). The highest BCUT2D eigenvalue weighted by Crippen LogP contribution is 2.47. The zero-order valence-corrected chi connectivity index (χ0v) is 6.55. The molecule has 0 saturated carbocycles. The highest BCUT2D eigenvalue weighted by atomic mass is 31.2. The lowest BCUT2D eigenvalue weighted by Gasteiger charge is -2.12. The van der Waals surface area contributed by atoms with E-state index in [9.17, 15) is 13.3 Å². The van der Waals surface area contributed by atoms with E-state index in [1.165, 1.54) is 0 Å². The van der Waals surface area contributed by atoms with E-state index in [2.05, 4.69) is 0 Å². The van der Waals surface area contributed by atoms with Gasteiger partial charge in [0.25, 0.3) is 7.37 Å². The van der Waals surface area contributed by atoms with E-state index in [4.69, 9.17) is 15.7 Å². The molecule has 0 spiro atoms. The van der Waals surface area contributed by atoms with Crippen LogP contribution in [0.4, 0.5) is 8.78 Å². The first kappa shape index (κ1) is 11.0. The lowest BCUT2D eigenvalue weighted by Crippen LogP contribution is -2.24. The lowest BCUT2D eigenvalue weighted by molar-refractivity contribution is 0.183. The van der Waals surface area contributed by atoms with Gasteiger partial charge in [-0.3, -0.25) is 4.57 Å². The van der Waals surface area contributed by atoms with Gasteiger partial charge in [0.05, 0.1) is 12.3 Å². The van der Waals surface area contributed by atoms with Gasteiger partial charge in [0.2, 0.25) is 0 Å². The fraction of sp³-hybridized carbons (Fsp3) is 1.00. The van der Waals surface area contributed by atoms with Gasteiger partial charge in [0, 0.05) is 6.54 Å². The second kappa shape index (κ2) is 4.11. The van der Waals surface area contributed by atoms with E-state index >= 15 is 0 Å². The van der Waals surface area contributed by atoms with Crippen LogP contribution in [0.1, 0.15) is 0 Å². The number of aliphatic hydroxyl groups is 1. The highest BCUT2D eigenvalue weighted by Gasteiger charge is 2.32. The fourth-order valence-electron chi connectivity index (χ4n) is 0.456. The standard InChI is InChI=1S/C4H10F2NO3P/c5-4(6)11(9,10)2-3(8)1-7/h3-4,8H,1-2,7H2,(H,9,10)/t3-/m1/s1. The van der Waals surface area contributed by atoms with Crippen molar-refractivity contribution in [3.63, 3.8) is 0 Å². The normalized spacial score (nSPS) is 19.8. The van der Waals surface area contributed by atoms with E-state index < -0.39 is 25.8 Å². The third-order valence-electron chi connectivity index (χ3n) is 1.05. The average Bonchev–Trinajstić information content (AvgIpc) is 1.86. The van der Waals surface area contributed by atoms with E-state index in [0.717, 1.165) is 0 Å². The van der Waals surface area contributed by atoms with Crippen molar-refractivity contribution in [1.29, 1.82) is 0 Å². The Morgan fingerprint density at radius 1 is 1.55 bits per heavy atom. The van der Waals surface area contributed by atoms with Crippen LogP contribution in [0.2, 0.25) is 0 Å². The minimum atomic E-state index is -4.50. The second-order valence-electron chi connectivity index (χ2n) is 2.11. The third kappa shape index (κ3) is 3.76. The number of aliphatic hydroxyl groups excluding tert-OH is 1. The van der Waals surface area contributed by atoms with Crippen molar-refractivity contribution < 1.29 is 23.3 Å². The van der Waals surface area contributed by atoms with Gasteiger partial charge >= 0.3 is 6.17 Å². The first-order valence-electron chi connectivity index (χ1n) is 2.88. The van der Waals surface area contributed by atoms with Crippen molar-refractivity contribution in [3.8, 4) is 0 Å². The predicted octanol–water partition coefficient (Wildman–Crippen LogP) is -0.201. The van der Waals surface area contributed by atoms with E-state index in [0.29, 0.717) is 0 Å². The summed E-state index contributed by atoms with van der Waals surface area (Å²) in [7, 11) is -4.50. The number of alkyl halides is 2. The molecule has 68 valence electrons. The maximum absolute atomic E-state index is 11.6. The number of nitrogens with two attached hydrogens (primary N) is 1. The molecule has 11 heavy (non-hydrogen) atoms. The van der Waals surface area contributed by atoms with Crippen LogP contribution in [0.5, 0.6) is 0 Å². The maximum atomic E-state index is 11.6.